The first kappa shape index (κ1) is 16.9. The van der Waals surface area contributed by atoms with Gasteiger partial charge in [0.25, 0.3) is 5.91 Å². The molecule has 0 unspecified atom stereocenters. The standard InChI is InChI=1S/C14H21N3O4/c1-10(2)6-8-21-9-7-16-14(18)11-4-3-5-12(15)13(11)17(19)20/h3-5,10H,6-9,15H2,1-2H3,(H,16,18). The van der Waals surface area contributed by atoms with Crippen LogP contribution in [0.15, 0.2) is 18.2 Å². The minimum absolute atomic E-state index is 0.0270. The fourth-order valence-electron chi connectivity index (χ4n) is 1.70. The number of benzene rings is 1. The Balaban J connectivity index is 2.50. The molecule has 0 aliphatic carbocycles. The lowest BCUT2D eigenvalue weighted by Crippen LogP contribution is -2.28. The second kappa shape index (κ2) is 8.21. The van der Waals surface area contributed by atoms with Gasteiger partial charge in [0, 0.05) is 13.2 Å². The third-order valence-corrected chi connectivity index (χ3v) is 2.87. The number of amides is 1. The zero-order chi connectivity index (χ0) is 15.8. The third-order valence-electron chi connectivity index (χ3n) is 2.87. The van der Waals surface area contributed by atoms with Gasteiger partial charge >= 0.3 is 5.69 Å². The summed E-state index contributed by atoms with van der Waals surface area (Å²) in [7, 11) is 0. The predicted octanol–water partition coefficient (Wildman–Crippen LogP) is 1.97. The van der Waals surface area contributed by atoms with E-state index in [1.165, 1.54) is 18.2 Å². The van der Waals surface area contributed by atoms with Gasteiger partial charge in [0.15, 0.2) is 0 Å². The van der Waals surface area contributed by atoms with Crippen molar-refractivity contribution in [2.75, 3.05) is 25.5 Å². The molecule has 1 aromatic rings. The molecule has 1 rings (SSSR count). The number of nitrogens with zero attached hydrogens (tertiary/aromatic N) is 1. The van der Waals surface area contributed by atoms with Crippen molar-refractivity contribution in [2.45, 2.75) is 20.3 Å². The van der Waals surface area contributed by atoms with Crippen LogP contribution in [0.5, 0.6) is 0 Å². The van der Waals surface area contributed by atoms with Crippen LogP contribution in [0.3, 0.4) is 0 Å². The molecule has 21 heavy (non-hydrogen) atoms. The summed E-state index contributed by atoms with van der Waals surface area (Å²) in [5.41, 5.74) is 5.10. The Morgan fingerprint density at radius 3 is 2.76 bits per heavy atom. The molecular formula is C14H21N3O4. The van der Waals surface area contributed by atoms with Crippen LogP contribution in [-0.2, 0) is 4.74 Å². The normalized spacial score (nSPS) is 10.6. The lowest BCUT2D eigenvalue weighted by atomic mass is 10.1. The van der Waals surface area contributed by atoms with Crippen molar-refractivity contribution < 1.29 is 14.5 Å². The molecule has 0 aliphatic heterocycles. The second-order valence-corrected chi connectivity index (χ2v) is 5.05. The van der Waals surface area contributed by atoms with Crippen LogP contribution in [0.1, 0.15) is 30.6 Å². The first-order valence-electron chi connectivity index (χ1n) is 6.82. The number of nitro benzene ring substituents is 1. The van der Waals surface area contributed by atoms with Crippen LogP contribution >= 0.6 is 0 Å². The molecule has 116 valence electrons. The van der Waals surface area contributed by atoms with Crippen LogP contribution in [0.25, 0.3) is 0 Å². The number of nitro groups is 1. The van der Waals surface area contributed by atoms with Gasteiger partial charge in [0.05, 0.1) is 11.5 Å². The number of para-hydroxylation sites is 1. The minimum atomic E-state index is -0.649. The summed E-state index contributed by atoms with van der Waals surface area (Å²) in [5.74, 6) is 0.0380. The van der Waals surface area contributed by atoms with Gasteiger partial charge in [0.1, 0.15) is 11.3 Å². The smallest absolute Gasteiger partial charge is 0.304 e. The SMILES string of the molecule is CC(C)CCOCCNC(=O)c1cccc(N)c1[N+](=O)[O-]. The fourth-order valence-corrected chi connectivity index (χ4v) is 1.70. The van der Waals surface area contributed by atoms with Crippen LogP contribution < -0.4 is 11.1 Å². The van der Waals surface area contributed by atoms with Gasteiger partial charge in [-0.25, -0.2) is 0 Å². The Kier molecular flexibility index (Phi) is 6.61. The summed E-state index contributed by atoms with van der Waals surface area (Å²) in [6, 6.07) is 4.28. The summed E-state index contributed by atoms with van der Waals surface area (Å²) in [4.78, 5) is 22.2. The van der Waals surface area contributed by atoms with Crippen LogP contribution in [0.2, 0.25) is 0 Å². The number of ether oxygens (including phenoxy) is 1. The van der Waals surface area contributed by atoms with E-state index in [2.05, 4.69) is 19.2 Å². The number of rotatable bonds is 8. The molecule has 0 fully saturated rings. The summed E-state index contributed by atoms with van der Waals surface area (Å²) < 4.78 is 5.36. The van der Waals surface area contributed by atoms with E-state index >= 15 is 0 Å². The Morgan fingerprint density at radius 2 is 2.14 bits per heavy atom. The lowest BCUT2D eigenvalue weighted by Gasteiger charge is -2.08. The van der Waals surface area contributed by atoms with Gasteiger partial charge < -0.3 is 15.8 Å². The molecule has 0 saturated carbocycles. The number of nitrogens with two attached hydrogens (primary N) is 1. The van der Waals surface area contributed by atoms with Gasteiger partial charge in [-0.3, -0.25) is 14.9 Å². The molecule has 0 aliphatic rings. The molecule has 7 heteroatoms. The molecule has 1 amide bonds. The summed E-state index contributed by atoms with van der Waals surface area (Å²) in [5, 5.41) is 13.5. The molecular weight excluding hydrogens is 274 g/mol. The summed E-state index contributed by atoms with van der Waals surface area (Å²) in [6.45, 7) is 5.50. The average Bonchev–Trinajstić information content (AvgIpc) is 2.41. The van der Waals surface area contributed by atoms with Crippen molar-refractivity contribution in [3.63, 3.8) is 0 Å². The number of nitrogens with one attached hydrogen (secondary N) is 1. The number of hydrogen-bond donors (Lipinski definition) is 2. The maximum atomic E-state index is 11.9. The van der Waals surface area contributed by atoms with E-state index in [1.807, 2.05) is 0 Å². The summed E-state index contributed by atoms with van der Waals surface area (Å²) >= 11 is 0. The monoisotopic (exact) mass is 295 g/mol. The highest BCUT2D eigenvalue weighted by molar-refractivity contribution is 6.00. The van der Waals surface area contributed by atoms with Crippen molar-refractivity contribution in [3.05, 3.63) is 33.9 Å². The highest BCUT2D eigenvalue weighted by Crippen LogP contribution is 2.25. The third kappa shape index (κ3) is 5.39. The Labute approximate surface area is 123 Å². The molecule has 0 heterocycles. The first-order valence-corrected chi connectivity index (χ1v) is 6.82. The maximum Gasteiger partial charge on any atom is 0.304 e. The minimum Gasteiger partial charge on any atom is -0.393 e. The molecule has 0 bridgehead atoms. The van der Waals surface area contributed by atoms with Crippen LogP contribution in [0, 0.1) is 16.0 Å². The molecule has 1 aromatic carbocycles. The Morgan fingerprint density at radius 1 is 1.43 bits per heavy atom. The largest absolute Gasteiger partial charge is 0.393 e. The van der Waals surface area contributed by atoms with E-state index in [4.69, 9.17) is 10.5 Å². The van der Waals surface area contributed by atoms with Crippen molar-refractivity contribution in [2.24, 2.45) is 5.92 Å². The van der Waals surface area contributed by atoms with E-state index in [0.29, 0.717) is 25.7 Å². The van der Waals surface area contributed by atoms with E-state index in [-0.39, 0.29) is 16.9 Å². The quantitative estimate of drug-likeness (QED) is 0.330. The van der Waals surface area contributed by atoms with E-state index in [1.54, 1.807) is 0 Å². The van der Waals surface area contributed by atoms with E-state index in [9.17, 15) is 14.9 Å². The van der Waals surface area contributed by atoms with Crippen LogP contribution in [-0.4, -0.2) is 30.6 Å². The molecule has 0 aromatic heterocycles. The highest BCUT2D eigenvalue weighted by atomic mass is 16.6. The molecule has 3 N–H and O–H groups in total. The second-order valence-electron chi connectivity index (χ2n) is 5.05. The molecule has 0 saturated heterocycles. The highest BCUT2D eigenvalue weighted by Gasteiger charge is 2.22. The fraction of sp³-hybridized carbons (Fsp3) is 0.500. The molecule has 7 nitrogen and oxygen atoms in total. The first-order chi connectivity index (χ1) is 9.93. The number of nitrogen functional groups attached to an aromatic ring is 1. The predicted molar refractivity (Wildman–Crippen MR) is 80.1 cm³/mol. The van der Waals surface area contributed by atoms with Gasteiger partial charge in [-0.2, -0.15) is 0 Å². The van der Waals surface area contributed by atoms with Gasteiger partial charge in [-0.15, -0.1) is 0 Å². The maximum absolute atomic E-state index is 11.9. The van der Waals surface area contributed by atoms with E-state index in [0.717, 1.165) is 6.42 Å². The van der Waals surface area contributed by atoms with E-state index < -0.39 is 10.8 Å². The number of hydrogen-bond acceptors (Lipinski definition) is 5. The summed E-state index contributed by atoms with van der Waals surface area (Å²) in [6.07, 6.45) is 0.953. The van der Waals surface area contributed by atoms with Crippen molar-refractivity contribution >= 4 is 17.3 Å². The number of carbonyl (C=O) groups excluding carboxylic acids is 1. The average molecular weight is 295 g/mol. The van der Waals surface area contributed by atoms with Crippen molar-refractivity contribution in [1.29, 1.82) is 0 Å². The zero-order valence-corrected chi connectivity index (χ0v) is 12.3. The molecule has 0 radical (unpaired) electrons. The zero-order valence-electron chi connectivity index (χ0n) is 12.3. The van der Waals surface area contributed by atoms with Gasteiger partial charge in [-0.1, -0.05) is 19.9 Å². The number of anilines is 1. The topological polar surface area (TPSA) is 107 Å². The lowest BCUT2D eigenvalue weighted by molar-refractivity contribution is -0.384. The van der Waals surface area contributed by atoms with Crippen molar-refractivity contribution in [1.82, 2.24) is 5.32 Å². The molecule has 0 atom stereocenters. The Hall–Kier alpha value is -2.15. The van der Waals surface area contributed by atoms with Crippen molar-refractivity contribution in [3.8, 4) is 0 Å². The molecule has 0 spiro atoms. The number of carbonyl (C=O) groups is 1. The Bertz CT molecular complexity index is 503. The van der Waals surface area contributed by atoms with Gasteiger partial charge in [0.2, 0.25) is 0 Å². The van der Waals surface area contributed by atoms with Crippen LogP contribution in [0.4, 0.5) is 11.4 Å². The van der Waals surface area contributed by atoms with Gasteiger partial charge in [-0.05, 0) is 24.5 Å².